The van der Waals surface area contributed by atoms with Gasteiger partial charge >= 0.3 is 0 Å². The molecule has 0 aliphatic heterocycles. The summed E-state index contributed by atoms with van der Waals surface area (Å²) in [6.45, 7) is 0. The minimum absolute atomic E-state index is 0.526. The van der Waals surface area contributed by atoms with Crippen LogP contribution in [0.25, 0.3) is 22.5 Å². The lowest BCUT2D eigenvalue weighted by molar-refractivity contribution is 0.940. The van der Waals surface area contributed by atoms with Crippen molar-refractivity contribution in [3.63, 3.8) is 0 Å². The van der Waals surface area contributed by atoms with Gasteiger partial charge in [-0.2, -0.15) is 10.2 Å². The molecule has 0 aromatic carbocycles. The average molecular weight is 267 g/mol. The lowest BCUT2D eigenvalue weighted by atomic mass is 10.2. The molecular formula is C13H13N7. The molecule has 0 fully saturated rings. The molecule has 3 heterocycles. The summed E-state index contributed by atoms with van der Waals surface area (Å²) in [6, 6.07) is 1.90. The Kier molecular flexibility index (Phi) is 3.00. The van der Waals surface area contributed by atoms with Gasteiger partial charge in [-0.05, 0) is 12.1 Å². The molecule has 3 aromatic rings. The first kappa shape index (κ1) is 12.1. The van der Waals surface area contributed by atoms with E-state index in [1.807, 2.05) is 6.07 Å². The fourth-order valence-electron chi connectivity index (χ4n) is 1.90. The van der Waals surface area contributed by atoms with E-state index in [1.165, 1.54) is 0 Å². The van der Waals surface area contributed by atoms with E-state index in [2.05, 4.69) is 25.3 Å². The van der Waals surface area contributed by atoms with Crippen LogP contribution in [0.3, 0.4) is 0 Å². The number of aromatic nitrogens is 5. The quantitative estimate of drug-likeness (QED) is 0.695. The first-order chi connectivity index (χ1) is 9.79. The number of aromatic amines is 1. The van der Waals surface area contributed by atoms with Crippen molar-refractivity contribution in [1.29, 1.82) is 0 Å². The maximum Gasteiger partial charge on any atom is 0.105 e. The van der Waals surface area contributed by atoms with Gasteiger partial charge in [-0.3, -0.25) is 10.1 Å². The lowest BCUT2D eigenvalue weighted by Gasteiger charge is -2.06. The van der Waals surface area contributed by atoms with Crippen molar-refractivity contribution < 1.29 is 0 Å². The van der Waals surface area contributed by atoms with Gasteiger partial charge in [0.2, 0.25) is 0 Å². The predicted molar refractivity (Wildman–Crippen MR) is 77.1 cm³/mol. The van der Waals surface area contributed by atoms with Gasteiger partial charge in [0.1, 0.15) is 5.69 Å². The molecule has 0 saturated heterocycles. The smallest absolute Gasteiger partial charge is 0.105 e. The molecule has 20 heavy (non-hydrogen) atoms. The molecule has 3 aromatic heterocycles. The molecule has 0 unspecified atom stereocenters. The van der Waals surface area contributed by atoms with Crippen LogP contribution >= 0.6 is 0 Å². The molecule has 3 N–H and O–H groups in total. The van der Waals surface area contributed by atoms with E-state index in [4.69, 9.17) is 5.73 Å². The number of fused-ring (bicyclic) bond motifs is 1. The van der Waals surface area contributed by atoms with Gasteiger partial charge in [-0.15, -0.1) is 0 Å². The monoisotopic (exact) mass is 267 g/mol. The molecule has 3 rings (SSSR count). The normalized spacial score (nSPS) is 12.6. The van der Waals surface area contributed by atoms with E-state index in [9.17, 15) is 0 Å². The van der Waals surface area contributed by atoms with Crippen molar-refractivity contribution in [1.82, 2.24) is 24.8 Å². The van der Waals surface area contributed by atoms with Gasteiger partial charge in [0.25, 0.3) is 0 Å². The van der Waals surface area contributed by atoms with Crippen LogP contribution in [0.2, 0.25) is 0 Å². The Hall–Kier alpha value is -2.96. The van der Waals surface area contributed by atoms with Crippen LogP contribution in [0.15, 0.2) is 41.9 Å². The maximum atomic E-state index is 6.01. The molecule has 0 bridgehead atoms. The summed E-state index contributed by atoms with van der Waals surface area (Å²) in [5, 5.41) is 11.0. The molecule has 0 aliphatic carbocycles. The zero-order chi connectivity index (χ0) is 13.9. The topological polar surface area (TPSA) is 97.2 Å². The summed E-state index contributed by atoms with van der Waals surface area (Å²) in [5.74, 6) is 0. The van der Waals surface area contributed by atoms with E-state index >= 15 is 0 Å². The number of rotatable bonds is 3. The third-order valence-corrected chi connectivity index (χ3v) is 2.86. The number of nitrogens with one attached hydrogen (secondary N) is 1. The van der Waals surface area contributed by atoms with Gasteiger partial charge < -0.3 is 5.73 Å². The minimum Gasteiger partial charge on any atom is -0.397 e. The summed E-state index contributed by atoms with van der Waals surface area (Å²) in [5.41, 5.74) is 9.72. The molecule has 7 heteroatoms. The number of nitrogens with zero attached hydrogens (tertiary/aromatic N) is 5. The van der Waals surface area contributed by atoms with Crippen LogP contribution < -0.4 is 5.73 Å². The van der Waals surface area contributed by atoms with Crippen molar-refractivity contribution >= 4 is 17.4 Å². The molecule has 100 valence electrons. The van der Waals surface area contributed by atoms with Gasteiger partial charge in [0.15, 0.2) is 0 Å². The summed E-state index contributed by atoms with van der Waals surface area (Å²) >= 11 is 0. The molecular weight excluding hydrogens is 254 g/mol. The minimum atomic E-state index is 0.526. The number of hydrogen-bond acceptors (Lipinski definition) is 5. The Morgan fingerprint density at radius 1 is 1.50 bits per heavy atom. The summed E-state index contributed by atoms with van der Waals surface area (Å²) in [4.78, 5) is 8.47. The third-order valence-electron chi connectivity index (χ3n) is 2.86. The molecule has 0 atom stereocenters. The van der Waals surface area contributed by atoms with Crippen LogP contribution in [0.5, 0.6) is 0 Å². The summed E-state index contributed by atoms with van der Waals surface area (Å²) in [7, 11) is 1.69. The van der Waals surface area contributed by atoms with Crippen LogP contribution in [0, 0.1) is 0 Å². The van der Waals surface area contributed by atoms with Crippen LogP contribution in [0.4, 0.5) is 0 Å². The van der Waals surface area contributed by atoms with Gasteiger partial charge in [0, 0.05) is 25.0 Å². The second-order valence-electron chi connectivity index (χ2n) is 4.15. The fraction of sp³-hybridized carbons (Fsp3) is 0.0769. The standard InChI is InChI=1S/C13H13N7/c1-15-4-2-10(14)11-8-20-12(3-5-18-20)13(19-11)9-6-16-17-7-9/h2-8H,14H2,1H3,(H,16,17)/b10-2-,15-4?. The molecule has 0 radical (unpaired) electrons. The highest BCUT2D eigenvalue weighted by Crippen LogP contribution is 2.22. The number of H-pyrrole nitrogens is 1. The SMILES string of the molecule is CN=C/C=C(\N)c1cn2nccc2c(-c2cn[nH]c2)n1. The Bertz CT molecular complexity index is 780. The fourth-order valence-corrected chi connectivity index (χ4v) is 1.90. The Morgan fingerprint density at radius 3 is 3.15 bits per heavy atom. The van der Waals surface area contributed by atoms with E-state index < -0.39 is 0 Å². The van der Waals surface area contributed by atoms with Gasteiger partial charge in [0.05, 0.1) is 35.5 Å². The first-order valence-corrected chi connectivity index (χ1v) is 6.01. The van der Waals surface area contributed by atoms with Crippen molar-refractivity contribution in [2.45, 2.75) is 0 Å². The Balaban J connectivity index is 2.21. The average Bonchev–Trinajstić information content (AvgIpc) is 3.13. The maximum absolute atomic E-state index is 6.01. The second-order valence-corrected chi connectivity index (χ2v) is 4.15. The molecule has 0 amide bonds. The number of hydrogen-bond donors (Lipinski definition) is 2. The van der Waals surface area contributed by atoms with E-state index in [0.29, 0.717) is 11.4 Å². The van der Waals surface area contributed by atoms with E-state index in [0.717, 1.165) is 16.8 Å². The zero-order valence-electron chi connectivity index (χ0n) is 10.9. The largest absolute Gasteiger partial charge is 0.397 e. The van der Waals surface area contributed by atoms with Gasteiger partial charge in [-0.1, -0.05) is 0 Å². The Labute approximate surface area is 114 Å². The Morgan fingerprint density at radius 2 is 2.40 bits per heavy atom. The summed E-state index contributed by atoms with van der Waals surface area (Å²) in [6.07, 6.45) is 10.3. The van der Waals surface area contributed by atoms with Crippen molar-refractivity contribution in [3.8, 4) is 11.3 Å². The van der Waals surface area contributed by atoms with Crippen LogP contribution in [0.1, 0.15) is 5.69 Å². The second kappa shape index (κ2) is 4.96. The third kappa shape index (κ3) is 2.05. The van der Waals surface area contributed by atoms with Crippen molar-refractivity contribution in [3.05, 3.63) is 42.6 Å². The zero-order valence-corrected chi connectivity index (χ0v) is 10.9. The van der Waals surface area contributed by atoms with Crippen LogP contribution in [-0.4, -0.2) is 38.1 Å². The van der Waals surface area contributed by atoms with E-state index in [1.54, 1.807) is 48.6 Å². The van der Waals surface area contributed by atoms with Crippen molar-refractivity contribution in [2.75, 3.05) is 7.05 Å². The first-order valence-electron chi connectivity index (χ1n) is 6.01. The number of nitrogens with two attached hydrogens (primary N) is 1. The van der Waals surface area contributed by atoms with Crippen LogP contribution in [-0.2, 0) is 0 Å². The molecule has 0 spiro atoms. The predicted octanol–water partition coefficient (Wildman–Crippen LogP) is 1.12. The highest BCUT2D eigenvalue weighted by atomic mass is 15.2. The lowest BCUT2D eigenvalue weighted by Crippen LogP contribution is -2.04. The molecule has 0 saturated carbocycles. The number of allylic oxidation sites excluding steroid dienone is 1. The van der Waals surface area contributed by atoms with E-state index in [-0.39, 0.29) is 0 Å². The highest BCUT2D eigenvalue weighted by Gasteiger charge is 2.11. The van der Waals surface area contributed by atoms with Crippen molar-refractivity contribution in [2.24, 2.45) is 10.7 Å². The number of aliphatic imine (C=N–C) groups is 1. The molecule has 0 aliphatic rings. The molecule has 7 nitrogen and oxygen atoms in total. The highest BCUT2D eigenvalue weighted by molar-refractivity contribution is 5.84. The van der Waals surface area contributed by atoms with Gasteiger partial charge in [-0.25, -0.2) is 9.50 Å². The summed E-state index contributed by atoms with van der Waals surface area (Å²) < 4.78 is 1.74.